The van der Waals surface area contributed by atoms with Crippen LogP contribution in [0.4, 0.5) is 11.4 Å². The molecule has 7 heteroatoms. The summed E-state index contributed by atoms with van der Waals surface area (Å²) in [5.41, 5.74) is 2.67. The van der Waals surface area contributed by atoms with Crippen molar-refractivity contribution in [1.82, 2.24) is 0 Å². The summed E-state index contributed by atoms with van der Waals surface area (Å²) in [5.74, 6) is -0.223. The average Bonchev–Trinajstić information content (AvgIpc) is 2.81. The van der Waals surface area contributed by atoms with E-state index in [1.807, 2.05) is 31.2 Å². The lowest BCUT2D eigenvalue weighted by molar-refractivity contribution is -0.121. The second-order valence-electron chi connectivity index (χ2n) is 7.82. The Hall–Kier alpha value is -4.39. The van der Waals surface area contributed by atoms with Crippen LogP contribution >= 0.6 is 0 Å². The summed E-state index contributed by atoms with van der Waals surface area (Å²) in [7, 11) is 0. The van der Waals surface area contributed by atoms with Crippen molar-refractivity contribution in [3.8, 4) is 5.75 Å². The minimum Gasteiger partial charge on any atom is -0.482 e. The largest absolute Gasteiger partial charge is 0.482 e. The van der Waals surface area contributed by atoms with Crippen molar-refractivity contribution in [2.75, 3.05) is 16.8 Å². The van der Waals surface area contributed by atoms with E-state index in [2.05, 4.69) is 5.32 Å². The number of nitrogens with one attached hydrogen (secondary N) is 1. The van der Waals surface area contributed by atoms with E-state index in [9.17, 15) is 14.4 Å². The highest BCUT2D eigenvalue weighted by atomic mass is 16.5. The lowest BCUT2D eigenvalue weighted by atomic mass is 10.1. The normalized spacial score (nSPS) is 12.9. The number of hydrogen-bond acceptors (Lipinski definition) is 5. The number of para-hydroxylation sites is 1. The molecule has 1 N–H and O–H groups in total. The molecule has 0 fully saturated rings. The van der Waals surface area contributed by atoms with Gasteiger partial charge in [-0.3, -0.25) is 9.59 Å². The van der Waals surface area contributed by atoms with Gasteiger partial charge in [0.05, 0.1) is 12.2 Å². The van der Waals surface area contributed by atoms with Gasteiger partial charge < -0.3 is 19.4 Å². The van der Waals surface area contributed by atoms with Crippen LogP contribution in [0.3, 0.4) is 0 Å². The topological polar surface area (TPSA) is 88.8 Å². The first-order valence-corrected chi connectivity index (χ1v) is 10.5. The summed E-state index contributed by atoms with van der Waals surface area (Å²) >= 11 is 0. The van der Waals surface area contributed by atoms with Crippen LogP contribution in [-0.2, 0) is 11.3 Å². The number of amides is 2. The van der Waals surface area contributed by atoms with Gasteiger partial charge in [-0.25, -0.2) is 4.79 Å². The molecule has 0 unspecified atom stereocenters. The maximum Gasteiger partial charge on any atom is 0.349 e. The zero-order valence-corrected chi connectivity index (χ0v) is 17.8. The first kappa shape index (κ1) is 20.5. The Labute approximate surface area is 189 Å². The number of ether oxygens (including phenoxy) is 1. The Kier molecular flexibility index (Phi) is 5.14. The molecule has 0 saturated heterocycles. The lowest BCUT2D eigenvalue weighted by Gasteiger charge is -2.30. The van der Waals surface area contributed by atoms with Gasteiger partial charge in [0, 0.05) is 11.1 Å². The monoisotopic (exact) mass is 440 g/mol. The van der Waals surface area contributed by atoms with Crippen LogP contribution in [0.15, 0.2) is 82.0 Å². The average molecular weight is 440 g/mol. The maximum absolute atomic E-state index is 12.8. The molecule has 1 aromatic heterocycles. The molecule has 0 bridgehead atoms. The summed E-state index contributed by atoms with van der Waals surface area (Å²) in [4.78, 5) is 39.5. The van der Waals surface area contributed by atoms with Crippen LogP contribution in [0.1, 0.15) is 21.5 Å². The van der Waals surface area contributed by atoms with Crippen LogP contribution in [-0.4, -0.2) is 18.4 Å². The van der Waals surface area contributed by atoms with Crippen LogP contribution in [0, 0.1) is 6.92 Å². The van der Waals surface area contributed by atoms with Gasteiger partial charge in [-0.1, -0.05) is 42.5 Å². The van der Waals surface area contributed by atoms with E-state index in [-0.39, 0.29) is 18.1 Å². The first-order chi connectivity index (χ1) is 16.0. The molecule has 5 rings (SSSR count). The van der Waals surface area contributed by atoms with Crippen molar-refractivity contribution in [3.63, 3.8) is 0 Å². The fourth-order valence-electron chi connectivity index (χ4n) is 3.83. The first-order valence-electron chi connectivity index (χ1n) is 10.5. The van der Waals surface area contributed by atoms with E-state index >= 15 is 0 Å². The van der Waals surface area contributed by atoms with E-state index in [1.54, 1.807) is 47.4 Å². The van der Waals surface area contributed by atoms with E-state index in [4.69, 9.17) is 9.15 Å². The smallest absolute Gasteiger partial charge is 0.349 e. The number of carbonyl (C=O) groups excluding carboxylic acids is 2. The molecule has 0 radical (unpaired) electrons. The molecular formula is C26H20N2O5. The predicted molar refractivity (Wildman–Crippen MR) is 125 cm³/mol. The number of rotatable bonds is 4. The second kappa shape index (κ2) is 8.27. The minimum atomic E-state index is -0.719. The van der Waals surface area contributed by atoms with E-state index < -0.39 is 11.5 Å². The summed E-state index contributed by atoms with van der Waals surface area (Å²) in [6.45, 7) is 2.32. The van der Waals surface area contributed by atoms with Crippen molar-refractivity contribution in [2.45, 2.75) is 13.5 Å². The van der Waals surface area contributed by atoms with Crippen LogP contribution < -0.4 is 20.6 Å². The highest BCUT2D eigenvalue weighted by Gasteiger charge is 2.27. The Morgan fingerprint density at radius 3 is 2.64 bits per heavy atom. The van der Waals surface area contributed by atoms with Crippen molar-refractivity contribution in [1.29, 1.82) is 0 Å². The van der Waals surface area contributed by atoms with Gasteiger partial charge in [-0.05, 0) is 48.4 Å². The molecule has 1 aliphatic heterocycles. The van der Waals surface area contributed by atoms with Gasteiger partial charge in [-0.15, -0.1) is 0 Å². The molecule has 2 amide bonds. The second-order valence-corrected chi connectivity index (χ2v) is 7.82. The highest BCUT2D eigenvalue weighted by Crippen LogP contribution is 2.36. The molecule has 0 spiro atoms. The van der Waals surface area contributed by atoms with Crippen molar-refractivity contribution in [3.05, 3.63) is 99.9 Å². The van der Waals surface area contributed by atoms with E-state index in [1.165, 1.54) is 6.07 Å². The number of aryl methyl sites for hydroxylation is 1. The third kappa shape index (κ3) is 3.96. The quantitative estimate of drug-likeness (QED) is 0.479. The molecule has 0 atom stereocenters. The van der Waals surface area contributed by atoms with Crippen molar-refractivity contribution < 1.29 is 18.7 Å². The molecule has 33 heavy (non-hydrogen) atoms. The van der Waals surface area contributed by atoms with Crippen LogP contribution in [0.25, 0.3) is 11.0 Å². The number of anilines is 2. The molecule has 4 aromatic rings. The zero-order chi connectivity index (χ0) is 22.9. The summed E-state index contributed by atoms with van der Waals surface area (Å²) in [6, 6.07) is 21.4. The summed E-state index contributed by atoms with van der Waals surface area (Å²) < 4.78 is 10.8. The Morgan fingerprint density at radius 1 is 1.00 bits per heavy atom. The molecule has 164 valence electrons. The minimum absolute atomic E-state index is 0.0529. The maximum atomic E-state index is 12.8. The lowest BCUT2D eigenvalue weighted by Crippen LogP contribution is -2.38. The van der Waals surface area contributed by atoms with Gasteiger partial charge in [0.15, 0.2) is 6.61 Å². The fourth-order valence-corrected chi connectivity index (χ4v) is 3.83. The van der Waals surface area contributed by atoms with Crippen LogP contribution in [0.5, 0.6) is 5.75 Å². The highest BCUT2D eigenvalue weighted by molar-refractivity contribution is 6.06. The Bertz CT molecular complexity index is 1460. The van der Waals surface area contributed by atoms with Gasteiger partial charge in [0.2, 0.25) is 0 Å². The summed E-state index contributed by atoms with van der Waals surface area (Å²) in [6.07, 6.45) is 0. The Balaban J connectivity index is 1.45. The van der Waals surface area contributed by atoms with E-state index in [0.717, 1.165) is 11.1 Å². The number of fused-ring (bicyclic) bond motifs is 2. The summed E-state index contributed by atoms with van der Waals surface area (Å²) in [5, 5.41) is 3.38. The Morgan fingerprint density at radius 2 is 1.79 bits per heavy atom. The molecule has 2 heterocycles. The molecule has 7 nitrogen and oxygen atoms in total. The van der Waals surface area contributed by atoms with Gasteiger partial charge in [-0.2, -0.15) is 0 Å². The molecule has 3 aromatic carbocycles. The van der Waals surface area contributed by atoms with Gasteiger partial charge >= 0.3 is 5.63 Å². The number of hydrogen-bond donors (Lipinski definition) is 1. The van der Waals surface area contributed by atoms with Crippen molar-refractivity contribution in [2.24, 2.45) is 0 Å². The number of benzene rings is 3. The van der Waals surface area contributed by atoms with Crippen LogP contribution in [0.2, 0.25) is 0 Å². The standard InChI is InChI=1S/C26H20N2O5/c1-16-6-2-3-8-18(16)14-28-21-13-19(10-11-23(21)32-15-24(28)29)27-25(30)20-12-17-7-4-5-9-22(17)33-26(20)31/h2-13H,14-15H2,1H3,(H,27,30). The number of carbonyl (C=O) groups is 2. The zero-order valence-electron chi connectivity index (χ0n) is 17.8. The third-order valence-electron chi connectivity index (χ3n) is 5.64. The molecular weight excluding hydrogens is 420 g/mol. The van der Waals surface area contributed by atoms with Gasteiger partial charge in [0.1, 0.15) is 16.9 Å². The van der Waals surface area contributed by atoms with E-state index in [0.29, 0.717) is 34.6 Å². The molecule has 0 saturated carbocycles. The number of nitrogens with zero attached hydrogens (tertiary/aromatic N) is 1. The molecule has 0 aliphatic carbocycles. The van der Waals surface area contributed by atoms with Gasteiger partial charge in [0.25, 0.3) is 11.8 Å². The molecule has 1 aliphatic rings. The third-order valence-corrected chi connectivity index (χ3v) is 5.64. The fraction of sp³-hybridized carbons (Fsp3) is 0.115. The van der Waals surface area contributed by atoms with Crippen molar-refractivity contribution >= 4 is 34.2 Å². The predicted octanol–water partition coefficient (Wildman–Crippen LogP) is 4.28. The SMILES string of the molecule is Cc1ccccc1CN1C(=O)COc2ccc(NC(=O)c3cc4ccccc4oc3=O)cc21.